The second kappa shape index (κ2) is 5.52. The molecule has 0 unspecified atom stereocenters. The van der Waals surface area contributed by atoms with E-state index >= 15 is 0 Å². The van der Waals surface area contributed by atoms with Crippen LogP contribution in [0.25, 0.3) is 0 Å². The summed E-state index contributed by atoms with van der Waals surface area (Å²) in [6, 6.07) is 8.54. The molecule has 0 radical (unpaired) electrons. The van der Waals surface area contributed by atoms with E-state index in [0.717, 1.165) is 25.9 Å². The van der Waals surface area contributed by atoms with Gasteiger partial charge in [0.05, 0.1) is 6.10 Å². The Bertz CT molecular complexity index is 357. The van der Waals surface area contributed by atoms with E-state index in [4.69, 9.17) is 10.5 Å². The fourth-order valence-corrected chi connectivity index (χ4v) is 2.49. The Morgan fingerprint density at radius 3 is 2.53 bits per heavy atom. The van der Waals surface area contributed by atoms with E-state index in [2.05, 4.69) is 29.2 Å². The summed E-state index contributed by atoms with van der Waals surface area (Å²) in [7, 11) is 1.80. The first-order valence-electron chi connectivity index (χ1n) is 6.34. The molecule has 0 bridgehead atoms. The topological polar surface area (TPSA) is 38.5 Å². The Balaban J connectivity index is 2.13. The SMILES string of the molecule is COC1CCN(c2ccccc2[C@H](C)N)CC1. The second-order valence-electron chi connectivity index (χ2n) is 4.77. The van der Waals surface area contributed by atoms with Gasteiger partial charge in [0.15, 0.2) is 0 Å². The molecule has 3 nitrogen and oxygen atoms in total. The van der Waals surface area contributed by atoms with Gasteiger partial charge in [0.1, 0.15) is 0 Å². The molecule has 1 saturated heterocycles. The average Bonchev–Trinajstić information content (AvgIpc) is 2.39. The maximum Gasteiger partial charge on any atom is 0.0605 e. The Hall–Kier alpha value is -1.06. The van der Waals surface area contributed by atoms with Gasteiger partial charge in [-0.25, -0.2) is 0 Å². The molecule has 1 atom stereocenters. The minimum atomic E-state index is 0.0892. The summed E-state index contributed by atoms with van der Waals surface area (Å²) in [6.45, 7) is 4.16. The number of rotatable bonds is 3. The van der Waals surface area contributed by atoms with Crippen molar-refractivity contribution in [2.45, 2.75) is 31.9 Å². The lowest BCUT2D eigenvalue weighted by Gasteiger charge is -2.34. The molecule has 94 valence electrons. The van der Waals surface area contributed by atoms with E-state index in [-0.39, 0.29) is 6.04 Å². The van der Waals surface area contributed by atoms with Crippen LogP contribution in [0.1, 0.15) is 31.4 Å². The highest BCUT2D eigenvalue weighted by Gasteiger charge is 2.20. The number of methoxy groups -OCH3 is 1. The Morgan fingerprint density at radius 2 is 1.94 bits per heavy atom. The van der Waals surface area contributed by atoms with Gasteiger partial charge in [0.2, 0.25) is 0 Å². The van der Waals surface area contributed by atoms with E-state index in [1.165, 1.54) is 11.3 Å². The maximum atomic E-state index is 6.02. The quantitative estimate of drug-likeness (QED) is 0.872. The molecule has 0 amide bonds. The van der Waals surface area contributed by atoms with Gasteiger partial charge in [-0.15, -0.1) is 0 Å². The fraction of sp³-hybridized carbons (Fsp3) is 0.571. The molecule has 0 aromatic heterocycles. The molecule has 0 aliphatic carbocycles. The third kappa shape index (κ3) is 2.79. The smallest absolute Gasteiger partial charge is 0.0605 e. The van der Waals surface area contributed by atoms with Crippen LogP contribution >= 0.6 is 0 Å². The average molecular weight is 234 g/mol. The highest BCUT2D eigenvalue weighted by molar-refractivity contribution is 5.55. The molecular formula is C14H22N2O. The van der Waals surface area contributed by atoms with Gasteiger partial charge < -0.3 is 15.4 Å². The molecular weight excluding hydrogens is 212 g/mol. The van der Waals surface area contributed by atoms with Crippen molar-refractivity contribution in [1.29, 1.82) is 0 Å². The molecule has 2 rings (SSSR count). The first-order chi connectivity index (χ1) is 8.22. The number of piperidine rings is 1. The minimum absolute atomic E-state index is 0.0892. The molecule has 1 fully saturated rings. The first kappa shape index (κ1) is 12.4. The molecule has 17 heavy (non-hydrogen) atoms. The zero-order valence-corrected chi connectivity index (χ0v) is 10.7. The van der Waals surface area contributed by atoms with Crippen molar-refractivity contribution in [1.82, 2.24) is 0 Å². The first-order valence-corrected chi connectivity index (χ1v) is 6.34. The van der Waals surface area contributed by atoms with Crippen molar-refractivity contribution in [2.75, 3.05) is 25.1 Å². The second-order valence-corrected chi connectivity index (χ2v) is 4.77. The van der Waals surface area contributed by atoms with E-state index in [9.17, 15) is 0 Å². The van der Waals surface area contributed by atoms with Crippen molar-refractivity contribution in [2.24, 2.45) is 5.73 Å². The highest BCUT2D eigenvalue weighted by atomic mass is 16.5. The molecule has 1 aromatic carbocycles. The molecule has 0 spiro atoms. The van der Waals surface area contributed by atoms with E-state index in [0.29, 0.717) is 6.10 Å². The predicted octanol–water partition coefficient (Wildman–Crippen LogP) is 2.32. The van der Waals surface area contributed by atoms with E-state index in [1.54, 1.807) is 7.11 Å². The summed E-state index contributed by atoms with van der Waals surface area (Å²) in [5.41, 5.74) is 8.55. The number of hydrogen-bond acceptors (Lipinski definition) is 3. The Kier molecular flexibility index (Phi) is 4.02. The normalized spacial score (nSPS) is 19.4. The molecule has 3 heteroatoms. The monoisotopic (exact) mass is 234 g/mol. The van der Waals surface area contributed by atoms with Crippen LogP contribution in [0.15, 0.2) is 24.3 Å². The molecule has 0 saturated carbocycles. The van der Waals surface area contributed by atoms with Crippen LogP contribution in [0.3, 0.4) is 0 Å². The number of nitrogens with two attached hydrogens (primary N) is 1. The lowest BCUT2D eigenvalue weighted by Crippen LogP contribution is -2.37. The fourth-order valence-electron chi connectivity index (χ4n) is 2.49. The maximum absolute atomic E-state index is 6.02. The van der Waals surface area contributed by atoms with Crippen molar-refractivity contribution >= 4 is 5.69 Å². The minimum Gasteiger partial charge on any atom is -0.381 e. The van der Waals surface area contributed by atoms with Gasteiger partial charge in [-0.3, -0.25) is 0 Å². The van der Waals surface area contributed by atoms with Gasteiger partial charge in [0.25, 0.3) is 0 Å². The summed E-state index contributed by atoms with van der Waals surface area (Å²) in [5, 5.41) is 0. The third-order valence-corrected chi connectivity index (χ3v) is 3.54. The third-order valence-electron chi connectivity index (χ3n) is 3.54. The van der Waals surface area contributed by atoms with Crippen LogP contribution in [0.2, 0.25) is 0 Å². The Labute approximate surface area is 104 Å². The van der Waals surface area contributed by atoms with Crippen molar-refractivity contribution < 1.29 is 4.74 Å². The van der Waals surface area contributed by atoms with Crippen LogP contribution < -0.4 is 10.6 Å². The highest BCUT2D eigenvalue weighted by Crippen LogP contribution is 2.27. The lowest BCUT2D eigenvalue weighted by atomic mass is 10.0. The molecule has 2 N–H and O–H groups in total. The van der Waals surface area contributed by atoms with E-state index < -0.39 is 0 Å². The van der Waals surface area contributed by atoms with Crippen molar-refractivity contribution in [3.8, 4) is 0 Å². The van der Waals surface area contributed by atoms with Gasteiger partial charge in [-0.2, -0.15) is 0 Å². The van der Waals surface area contributed by atoms with Gasteiger partial charge in [-0.1, -0.05) is 18.2 Å². The molecule has 1 aliphatic heterocycles. The molecule has 1 aliphatic rings. The van der Waals surface area contributed by atoms with Gasteiger partial charge in [-0.05, 0) is 31.4 Å². The van der Waals surface area contributed by atoms with Gasteiger partial charge in [0, 0.05) is 31.9 Å². The zero-order valence-electron chi connectivity index (χ0n) is 10.7. The standard InChI is InChI=1S/C14H22N2O/c1-11(15)13-5-3-4-6-14(13)16-9-7-12(17-2)8-10-16/h3-6,11-12H,7-10,15H2,1-2H3/t11-/m0/s1. The number of benzene rings is 1. The van der Waals surface area contributed by atoms with Crippen LogP contribution in [0.4, 0.5) is 5.69 Å². The summed E-state index contributed by atoms with van der Waals surface area (Å²) < 4.78 is 5.40. The molecule has 1 heterocycles. The number of para-hydroxylation sites is 1. The summed E-state index contributed by atoms with van der Waals surface area (Å²) in [4.78, 5) is 2.42. The predicted molar refractivity (Wildman–Crippen MR) is 71.3 cm³/mol. The summed E-state index contributed by atoms with van der Waals surface area (Å²) in [5.74, 6) is 0. The largest absolute Gasteiger partial charge is 0.381 e. The van der Waals surface area contributed by atoms with E-state index in [1.807, 2.05) is 6.92 Å². The summed E-state index contributed by atoms with van der Waals surface area (Å²) >= 11 is 0. The zero-order chi connectivity index (χ0) is 12.3. The van der Waals surface area contributed by atoms with Crippen LogP contribution in [-0.4, -0.2) is 26.3 Å². The molecule has 1 aromatic rings. The lowest BCUT2D eigenvalue weighted by molar-refractivity contribution is 0.0819. The van der Waals surface area contributed by atoms with Gasteiger partial charge >= 0.3 is 0 Å². The number of anilines is 1. The Morgan fingerprint density at radius 1 is 1.29 bits per heavy atom. The van der Waals surface area contributed by atoms with Crippen molar-refractivity contribution in [3.05, 3.63) is 29.8 Å². The van der Waals surface area contributed by atoms with Crippen LogP contribution in [0, 0.1) is 0 Å². The number of ether oxygens (including phenoxy) is 1. The van der Waals surface area contributed by atoms with Crippen LogP contribution in [-0.2, 0) is 4.74 Å². The van der Waals surface area contributed by atoms with Crippen LogP contribution in [0.5, 0.6) is 0 Å². The van der Waals surface area contributed by atoms with Crippen molar-refractivity contribution in [3.63, 3.8) is 0 Å². The summed E-state index contributed by atoms with van der Waals surface area (Å²) in [6.07, 6.45) is 2.63. The number of nitrogens with zero attached hydrogens (tertiary/aromatic N) is 1. The number of hydrogen-bond donors (Lipinski definition) is 1.